The topological polar surface area (TPSA) is 34.1 Å². The fraction of sp³-hybridized carbons (Fsp3) is 0.926. The van der Waals surface area contributed by atoms with Crippen LogP contribution >= 0.6 is 0 Å². The molecule has 2 nitrogen and oxygen atoms in total. The first-order valence-corrected chi connectivity index (χ1v) is 12.7. The number of rotatable bonds is 5. The highest BCUT2D eigenvalue weighted by molar-refractivity contribution is 5.90. The van der Waals surface area contributed by atoms with E-state index in [2.05, 4.69) is 34.6 Å². The van der Waals surface area contributed by atoms with E-state index in [9.17, 15) is 9.59 Å². The maximum absolute atomic E-state index is 13.2. The van der Waals surface area contributed by atoms with Gasteiger partial charge in [-0.2, -0.15) is 0 Å². The van der Waals surface area contributed by atoms with E-state index in [-0.39, 0.29) is 11.3 Å². The Morgan fingerprint density at radius 1 is 0.897 bits per heavy atom. The maximum Gasteiger partial charge on any atom is 0.137 e. The Hall–Kier alpha value is -0.660. The zero-order chi connectivity index (χ0) is 21.0. The summed E-state index contributed by atoms with van der Waals surface area (Å²) >= 11 is 0. The fourth-order valence-electron chi connectivity index (χ4n) is 8.86. The first-order valence-electron chi connectivity index (χ1n) is 12.7. The van der Waals surface area contributed by atoms with Crippen molar-refractivity contribution in [2.45, 2.75) is 105 Å². The predicted molar refractivity (Wildman–Crippen MR) is 118 cm³/mol. The van der Waals surface area contributed by atoms with Crippen molar-refractivity contribution < 1.29 is 9.59 Å². The van der Waals surface area contributed by atoms with Gasteiger partial charge in [0.1, 0.15) is 11.6 Å². The van der Waals surface area contributed by atoms with Crippen LogP contribution < -0.4 is 0 Å². The molecule has 29 heavy (non-hydrogen) atoms. The number of hydrogen-bond acceptors (Lipinski definition) is 2. The fourth-order valence-corrected chi connectivity index (χ4v) is 8.86. The van der Waals surface area contributed by atoms with Crippen molar-refractivity contribution in [1.29, 1.82) is 0 Å². The standard InChI is InChI=1S/C27H44O2/c1-17(2)7-6-8-18(3)21-9-10-22-20-16-25(29)24-15-19(28)11-13-27(24,5)23(20)12-14-26(21,22)4/h17-18,20-24H,6-16H2,1-5H3/t18?,20?,21?,22?,23?,24-,26?,27?/m1/s1. The van der Waals surface area contributed by atoms with Crippen LogP contribution in [0, 0.1) is 52.3 Å². The third-order valence-corrected chi connectivity index (χ3v) is 10.5. The van der Waals surface area contributed by atoms with Gasteiger partial charge in [0.15, 0.2) is 0 Å². The van der Waals surface area contributed by atoms with E-state index in [1.54, 1.807) is 0 Å². The van der Waals surface area contributed by atoms with Crippen LogP contribution in [0.25, 0.3) is 0 Å². The van der Waals surface area contributed by atoms with Crippen molar-refractivity contribution in [2.24, 2.45) is 52.3 Å². The molecule has 0 saturated heterocycles. The molecule has 0 spiro atoms. The molecule has 4 fully saturated rings. The Balaban J connectivity index is 1.51. The van der Waals surface area contributed by atoms with Gasteiger partial charge >= 0.3 is 0 Å². The summed E-state index contributed by atoms with van der Waals surface area (Å²) in [5.74, 6) is 5.25. The largest absolute Gasteiger partial charge is 0.300 e. The quantitative estimate of drug-likeness (QED) is 0.505. The number of fused-ring (bicyclic) bond motifs is 5. The molecule has 4 rings (SSSR count). The molecule has 4 saturated carbocycles. The molecule has 164 valence electrons. The number of Topliss-reactive ketones (excluding diaryl/α,β-unsaturated/α-hetero) is 2. The molecule has 7 unspecified atom stereocenters. The van der Waals surface area contributed by atoms with Gasteiger partial charge in [-0.25, -0.2) is 0 Å². The molecule has 0 N–H and O–H groups in total. The second-order valence-electron chi connectivity index (χ2n) is 12.4. The van der Waals surface area contributed by atoms with Gasteiger partial charge in [0.25, 0.3) is 0 Å². The lowest BCUT2D eigenvalue weighted by Gasteiger charge is -2.59. The zero-order valence-corrected chi connectivity index (χ0v) is 19.6. The molecule has 0 bridgehead atoms. The van der Waals surface area contributed by atoms with Gasteiger partial charge in [-0.15, -0.1) is 0 Å². The highest BCUT2D eigenvalue weighted by Gasteiger charge is 2.62. The lowest BCUT2D eigenvalue weighted by molar-refractivity contribution is -0.159. The molecule has 8 atom stereocenters. The monoisotopic (exact) mass is 400 g/mol. The van der Waals surface area contributed by atoms with Crippen LogP contribution in [0.1, 0.15) is 105 Å². The van der Waals surface area contributed by atoms with Gasteiger partial charge in [0.2, 0.25) is 0 Å². The average molecular weight is 401 g/mol. The van der Waals surface area contributed by atoms with Crippen molar-refractivity contribution >= 4 is 11.6 Å². The molecular weight excluding hydrogens is 356 g/mol. The van der Waals surface area contributed by atoms with E-state index >= 15 is 0 Å². The van der Waals surface area contributed by atoms with Crippen molar-refractivity contribution in [3.05, 3.63) is 0 Å². The van der Waals surface area contributed by atoms with Crippen molar-refractivity contribution in [1.82, 2.24) is 0 Å². The molecule has 0 amide bonds. The molecule has 0 aliphatic heterocycles. The van der Waals surface area contributed by atoms with Gasteiger partial charge in [-0.05, 0) is 78.4 Å². The summed E-state index contributed by atoms with van der Waals surface area (Å²) in [5.41, 5.74) is 0.530. The van der Waals surface area contributed by atoms with Crippen molar-refractivity contribution in [2.75, 3.05) is 0 Å². The Labute approximate surface area is 179 Å². The van der Waals surface area contributed by atoms with Crippen LogP contribution in [0.15, 0.2) is 0 Å². The Bertz CT molecular complexity index is 651. The Morgan fingerprint density at radius 2 is 1.62 bits per heavy atom. The zero-order valence-electron chi connectivity index (χ0n) is 19.6. The summed E-state index contributed by atoms with van der Waals surface area (Å²) in [7, 11) is 0. The van der Waals surface area contributed by atoms with Crippen molar-refractivity contribution in [3.63, 3.8) is 0 Å². The highest BCUT2D eigenvalue weighted by Crippen LogP contribution is 2.67. The molecular formula is C27H44O2. The minimum absolute atomic E-state index is 0.0292. The summed E-state index contributed by atoms with van der Waals surface area (Å²) < 4.78 is 0. The highest BCUT2D eigenvalue weighted by atomic mass is 16.1. The Morgan fingerprint density at radius 3 is 2.34 bits per heavy atom. The SMILES string of the molecule is CC(C)CCCC(C)C1CCC2C3CC(=O)[C@H]4CC(=O)CCC4(C)C3CCC12C. The molecule has 4 aliphatic rings. The van der Waals surface area contributed by atoms with E-state index in [0.29, 0.717) is 41.7 Å². The van der Waals surface area contributed by atoms with Gasteiger partial charge in [0, 0.05) is 25.2 Å². The summed E-state index contributed by atoms with van der Waals surface area (Å²) in [4.78, 5) is 25.3. The minimum Gasteiger partial charge on any atom is -0.300 e. The molecule has 0 aromatic carbocycles. The first kappa shape index (κ1) is 21.6. The summed E-state index contributed by atoms with van der Waals surface area (Å²) in [6.07, 6.45) is 12.4. The molecule has 0 heterocycles. The number of ketones is 2. The number of hydrogen-bond donors (Lipinski definition) is 0. The van der Waals surface area contributed by atoms with E-state index in [4.69, 9.17) is 0 Å². The maximum atomic E-state index is 13.2. The van der Waals surface area contributed by atoms with Gasteiger partial charge in [-0.3, -0.25) is 9.59 Å². The predicted octanol–water partition coefficient (Wildman–Crippen LogP) is 6.86. The van der Waals surface area contributed by atoms with E-state index in [1.165, 1.54) is 44.9 Å². The second kappa shape index (κ2) is 7.79. The van der Waals surface area contributed by atoms with Gasteiger partial charge < -0.3 is 0 Å². The van der Waals surface area contributed by atoms with Crippen LogP contribution in [-0.2, 0) is 9.59 Å². The molecule has 4 aliphatic carbocycles. The molecule has 0 aromatic heterocycles. The van der Waals surface area contributed by atoms with Gasteiger partial charge in [-0.1, -0.05) is 53.9 Å². The summed E-state index contributed by atoms with van der Waals surface area (Å²) in [6.45, 7) is 12.2. The van der Waals surface area contributed by atoms with Crippen LogP contribution in [0.2, 0.25) is 0 Å². The summed E-state index contributed by atoms with van der Waals surface area (Å²) in [5, 5.41) is 0. The lowest BCUT2D eigenvalue weighted by Crippen LogP contribution is -2.56. The van der Waals surface area contributed by atoms with E-state index in [1.807, 2.05) is 0 Å². The number of carbonyl (C=O) groups excluding carboxylic acids is 2. The summed E-state index contributed by atoms with van der Waals surface area (Å²) in [6, 6.07) is 0. The third-order valence-electron chi connectivity index (χ3n) is 10.5. The lowest BCUT2D eigenvalue weighted by atomic mass is 9.44. The van der Waals surface area contributed by atoms with E-state index < -0.39 is 0 Å². The smallest absolute Gasteiger partial charge is 0.137 e. The molecule has 2 heteroatoms. The van der Waals surface area contributed by atoms with Crippen molar-refractivity contribution in [3.8, 4) is 0 Å². The van der Waals surface area contributed by atoms with Gasteiger partial charge in [0.05, 0.1) is 0 Å². The van der Waals surface area contributed by atoms with Crippen LogP contribution in [-0.4, -0.2) is 11.6 Å². The van der Waals surface area contributed by atoms with Crippen LogP contribution in [0.5, 0.6) is 0 Å². The third kappa shape index (κ3) is 3.55. The normalized spacial score (nSPS) is 45.7. The first-order chi connectivity index (χ1) is 13.7. The second-order valence-corrected chi connectivity index (χ2v) is 12.4. The molecule has 0 aromatic rings. The minimum atomic E-state index is 0.0292. The van der Waals surface area contributed by atoms with Crippen LogP contribution in [0.3, 0.4) is 0 Å². The Kier molecular flexibility index (Phi) is 5.79. The van der Waals surface area contributed by atoms with Crippen LogP contribution in [0.4, 0.5) is 0 Å². The average Bonchev–Trinajstić information content (AvgIpc) is 3.00. The molecule has 0 radical (unpaired) electrons. The van der Waals surface area contributed by atoms with E-state index in [0.717, 1.165) is 36.5 Å². The number of carbonyl (C=O) groups is 2.